The van der Waals surface area contributed by atoms with Gasteiger partial charge in [-0.3, -0.25) is 4.90 Å². The first-order valence-corrected chi connectivity index (χ1v) is 13.5. The van der Waals surface area contributed by atoms with Crippen LogP contribution in [0.3, 0.4) is 0 Å². The van der Waals surface area contributed by atoms with E-state index in [1.165, 1.54) is 22.5 Å². The molecule has 0 bridgehead atoms. The number of nitrogens with zero attached hydrogens (tertiary/aromatic N) is 3. The fraction of sp³-hybridized carbons (Fsp3) is 0.500. The van der Waals surface area contributed by atoms with Crippen molar-refractivity contribution in [2.45, 2.75) is 34.5 Å². The maximum absolute atomic E-state index is 13.4. The van der Waals surface area contributed by atoms with Crippen molar-refractivity contribution in [3.63, 3.8) is 0 Å². The second-order valence-electron chi connectivity index (χ2n) is 9.21. The number of morpholine rings is 1. The Labute approximate surface area is 214 Å². The van der Waals surface area contributed by atoms with E-state index in [1.807, 2.05) is 4.90 Å². The number of alkyl halides is 3. The number of benzene rings is 2. The van der Waals surface area contributed by atoms with E-state index < -0.39 is 21.8 Å². The van der Waals surface area contributed by atoms with Crippen molar-refractivity contribution in [3.05, 3.63) is 54.1 Å². The molecule has 2 aromatic rings. The van der Waals surface area contributed by atoms with E-state index in [4.69, 9.17) is 4.74 Å². The molecule has 1 N–H and O–H groups in total. The monoisotopic (exact) mass is 545 g/mol. The Morgan fingerprint density at radius 2 is 1.67 bits per heavy atom. The number of hydrogen-bond donors (Lipinski definition) is 2. The molecule has 198 valence electrons. The lowest BCUT2D eigenvalue weighted by Crippen LogP contribution is -2.59. The van der Waals surface area contributed by atoms with Crippen LogP contribution in [0.2, 0.25) is 0 Å². The summed E-state index contributed by atoms with van der Waals surface area (Å²) in [4.78, 5) is 4.75. The van der Waals surface area contributed by atoms with Gasteiger partial charge in [-0.2, -0.15) is 17.5 Å². The number of sulfonamides is 1. The molecule has 2 fully saturated rings. The van der Waals surface area contributed by atoms with E-state index in [2.05, 4.69) is 17.5 Å². The normalized spacial score (nSPS) is 22.4. The van der Waals surface area contributed by atoms with E-state index in [0.29, 0.717) is 50.0 Å². The van der Waals surface area contributed by atoms with Crippen molar-refractivity contribution in [2.24, 2.45) is 0 Å². The molecule has 12 heteroatoms. The number of aliphatic hydroxyl groups is 1. The third kappa shape index (κ3) is 5.53. The van der Waals surface area contributed by atoms with Crippen LogP contribution in [0, 0.1) is 0 Å². The summed E-state index contributed by atoms with van der Waals surface area (Å²) in [6.45, 7) is 4.68. The fourth-order valence-electron chi connectivity index (χ4n) is 4.58. The highest BCUT2D eigenvalue weighted by molar-refractivity contribution is 7.90. The predicted molar refractivity (Wildman–Crippen MR) is 133 cm³/mol. The van der Waals surface area contributed by atoms with Crippen LogP contribution in [0.4, 0.5) is 18.9 Å². The summed E-state index contributed by atoms with van der Waals surface area (Å²) < 4.78 is 73.6. The fourth-order valence-corrected chi connectivity index (χ4v) is 6.64. The van der Waals surface area contributed by atoms with Crippen molar-refractivity contribution in [1.29, 1.82) is 0 Å². The van der Waals surface area contributed by atoms with Gasteiger partial charge in [-0.1, -0.05) is 24.3 Å². The Balaban J connectivity index is 1.60. The van der Waals surface area contributed by atoms with Crippen LogP contribution in [0.25, 0.3) is 0 Å². The highest BCUT2D eigenvalue weighted by Crippen LogP contribution is 2.39. The Kier molecular flexibility index (Phi) is 7.94. The summed E-state index contributed by atoms with van der Waals surface area (Å²) in [6.07, 6.45) is -4.81. The maximum atomic E-state index is 13.4. The first-order chi connectivity index (χ1) is 16.9. The summed E-state index contributed by atoms with van der Waals surface area (Å²) in [5.41, 5.74) is -2.55. The third-order valence-corrected chi connectivity index (χ3v) is 9.28. The second kappa shape index (κ2) is 10.5. The maximum Gasteiger partial charge on any atom is 0.421 e. The van der Waals surface area contributed by atoms with Crippen molar-refractivity contribution < 1.29 is 31.4 Å². The molecule has 2 atom stereocenters. The van der Waals surface area contributed by atoms with Gasteiger partial charge in [0, 0.05) is 49.9 Å². The second-order valence-corrected chi connectivity index (χ2v) is 11.6. The van der Waals surface area contributed by atoms with E-state index in [1.54, 1.807) is 30.3 Å². The number of ether oxygens (including phenoxy) is 1. The van der Waals surface area contributed by atoms with E-state index in [-0.39, 0.29) is 29.6 Å². The van der Waals surface area contributed by atoms with E-state index in [0.717, 1.165) is 6.92 Å². The van der Waals surface area contributed by atoms with Gasteiger partial charge in [0.1, 0.15) is 0 Å². The first kappa shape index (κ1) is 27.2. The number of thiol groups is 1. The molecule has 0 aliphatic carbocycles. The Bertz CT molecular complexity index is 1150. The third-order valence-electron chi connectivity index (χ3n) is 6.81. The minimum atomic E-state index is -4.81. The number of rotatable bonds is 6. The van der Waals surface area contributed by atoms with Crippen LogP contribution in [0.1, 0.15) is 12.5 Å². The van der Waals surface area contributed by atoms with Crippen LogP contribution in [-0.2, 0) is 20.4 Å². The highest BCUT2D eigenvalue weighted by Gasteiger charge is 2.51. The highest BCUT2D eigenvalue weighted by atomic mass is 32.2. The number of hydrogen-bond acceptors (Lipinski definition) is 7. The van der Waals surface area contributed by atoms with Gasteiger partial charge in [0.25, 0.3) is 0 Å². The first-order valence-electron chi connectivity index (χ1n) is 11.7. The molecule has 7 nitrogen and oxygen atoms in total. The topological polar surface area (TPSA) is 73.3 Å². The predicted octanol–water partition coefficient (Wildman–Crippen LogP) is 2.96. The minimum absolute atomic E-state index is 0.144. The molecule has 2 aliphatic rings. The summed E-state index contributed by atoms with van der Waals surface area (Å²) >= 11 is 4.33. The number of halogens is 3. The molecule has 4 rings (SSSR count). The van der Waals surface area contributed by atoms with Crippen molar-refractivity contribution >= 4 is 28.3 Å². The largest absolute Gasteiger partial charge is 0.421 e. The van der Waals surface area contributed by atoms with E-state index >= 15 is 0 Å². The Morgan fingerprint density at radius 1 is 1.03 bits per heavy atom. The van der Waals surface area contributed by atoms with Crippen molar-refractivity contribution in [1.82, 2.24) is 9.21 Å². The molecule has 0 saturated carbocycles. The molecule has 0 aromatic heterocycles. The van der Waals surface area contributed by atoms with Crippen molar-refractivity contribution in [2.75, 3.05) is 57.4 Å². The van der Waals surface area contributed by atoms with Gasteiger partial charge < -0.3 is 14.7 Å². The zero-order valence-electron chi connectivity index (χ0n) is 19.9. The molecular formula is C24H30F3N3O4S2. The van der Waals surface area contributed by atoms with Crippen LogP contribution >= 0.6 is 12.6 Å². The lowest BCUT2D eigenvalue weighted by atomic mass is 9.95. The van der Waals surface area contributed by atoms with Gasteiger partial charge in [0.15, 0.2) is 5.60 Å². The zero-order valence-corrected chi connectivity index (χ0v) is 21.6. The molecule has 2 heterocycles. The van der Waals surface area contributed by atoms with Gasteiger partial charge in [-0.05, 0) is 36.8 Å². The number of piperazine rings is 1. The summed E-state index contributed by atoms with van der Waals surface area (Å²) in [7, 11) is -3.79. The summed E-state index contributed by atoms with van der Waals surface area (Å²) in [5.74, 6) is 0. The smallest absolute Gasteiger partial charge is 0.379 e. The molecule has 2 aliphatic heterocycles. The molecule has 2 aromatic carbocycles. The average molecular weight is 546 g/mol. The Morgan fingerprint density at radius 3 is 2.28 bits per heavy atom. The van der Waals surface area contributed by atoms with E-state index in [9.17, 15) is 26.7 Å². The van der Waals surface area contributed by atoms with Gasteiger partial charge in [-0.25, -0.2) is 8.42 Å². The Hall–Kier alpha value is -1.83. The van der Waals surface area contributed by atoms with Crippen molar-refractivity contribution in [3.8, 4) is 0 Å². The molecular weight excluding hydrogens is 515 g/mol. The van der Waals surface area contributed by atoms with Crippen LogP contribution in [0.5, 0.6) is 0 Å². The van der Waals surface area contributed by atoms with Gasteiger partial charge in [0.2, 0.25) is 10.0 Å². The molecule has 0 radical (unpaired) electrons. The average Bonchev–Trinajstić information content (AvgIpc) is 2.84. The summed E-state index contributed by atoms with van der Waals surface area (Å²) in [6, 6.07) is 12.0. The zero-order chi connectivity index (χ0) is 26.1. The van der Waals surface area contributed by atoms with Gasteiger partial charge >= 0.3 is 6.18 Å². The van der Waals surface area contributed by atoms with Gasteiger partial charge in [0.05, 0.1) is 24.2 Å². The molecule has 0 unspecified atom stereocenters. The lowest BCUT2D eigenvalue weighted by Gasteiger charge is -2.44. The van der Waals surface area contributed by atoms with Crippen LogP contribution in [-0.4, -0.2) is 87.4 Å². The quantitative estimate of drug-likeness (QED) is 0.544. The minimum Gasteiger partial charge on any atom is -0.379 e. The van der Waals surface area contributed by atoms with Crippen LogP contribution < -0.4 is 4.90 Å². The van der Waals surface area contributed by atoms with Gasteiger partial charge in [-0.15, -0.1) is 12.6 Å². The van der Waals surface area contributed by atoms with Crippen LogP contribution in [0.15, 0.2) is 58.3 Å². The SMILES string of the molecule is C[C@@](O)(c1ccc(N2CCN(S(=O)(=O)c3ccccc3S)C[C@H]2CN2CCOCC2)cc1)C(F)(F)F. The molecule has 2 saturated heterocycles. The molecule has 36 heavy (non-hydrogen) atoms. The molecule has 0 amide bonds. The summed E-state index contributed by atoms with van der Waals surface area (Å²) in [5, 5.41) is 10.0. The number of anilines is 1. The lowest BCUT2D eigenvalue weighted by molar-refractivity contribution is -0.258. The molecule has 0 spiro atoms. The standard InChI is InChI=1S/C24H30F3N3O4S2/c1-23(31,24(25,26)27)18-6-8-19(9-7-18)30-11-10-29(17-20(30)16-28-12-14-34-15-13-28)36(32,33)22-5-3-2-4-21(22)35/h2-9,20,31,35H,10-17H2,1H3/t20-,23-/m1/s1.